The number of nitrogens with one attached hydrogen (secondary N) is 1. The Labute approximate surface area is 252 Å². The SMILES string of the molecule is Cc1cnc(Nc2ccc(OCCN3CCCC3)cc2)nc1-c1ccc(-c2cccc(C(=O)N3CCN(C)CC3)c2)s1. The molecule has 1 amide bonds. The van der Waals surface area contributed by atoms with E-state index in [4.69, 9.17) is 9.72 Å². The molecule has 218 valence electrons. The van der Waals surface area contributed by atoms with Crippen molar-refractivity contribution >= 4 is 28.9 Å². The number of anilines is 2. The number of aromatic nitrogens is 2. The second-order valence-electron chi connectivity index (χ2n) is 11.1. The average Bonchev–Trinajstić information content (AvgIpc) is 3.72. The van der Waals surface area contributed by atoms with E-state index in [-0.39, 0.29) is 5.91 Å². The summed E-state index contributed by atoms with van der Waals surface area (Å²) in [4.78, 5) is 31.3. The maximum Gasteiger partial charge on any atom is 0.253 e. The number of likely N-dealkylation sites (N-methyl/N-ethyl adjacent to an activating group) is 1. The third-order valence-corrected chi connectivity index (χ3v) is 9.12. The molecule has 0 radical (unpaired) electrons. The first-order chi connectivity index (χ1) is 20.5. The van der Waals surface area contributed by atoms with Gasteiger partial charge in [-0.15, -0.1) is 11.3 Å². The third-order valence-electron chi connectivity index (χ3n) is 7.98. The number of benzene rings is 2. The van der Waals surface area contributed by atoms with Crippen LogP contribution >= 0.6 is 11.3 Å². The molecule has 0 saturated carbocycles. The number of likely N-dealkylation sites (tertiary alicyclic amines) is 1. The van der Waals surface area contributed by atoms with Gasteiger partial charge in [0.2, 0.25) is 5.95 Å². The second kappa shape index (κ2) is 13.0. The maximum atomic E-state index is 13.1. The van der Waals surface area contributed by atoms with Gasteiger partial charge in [-0.1, -0.05) is 12.1 Å². The molecule has 1 N–H and O–H groups in total. The molecule has 8 nitrogen and oxygen atoms in total. The van der Waals surface area contributed by atoms with E-state index in [1.54, 1.807) is 11.3 Å². The lowest BCUT2D eigenvalue weighted by atomic mass is 10.1. The first-order valence-electron chi connectivity index (χ1n) is 14.8. The van der Waals surface area contributed by atoms with E-state index in [0.29, 0.717) is 12.6 Å². The summed E-state index contributed by atoms with van der Waals surface area (Å²) in [6, 6.07) is 20.1. The molecule has 42 heavy (non-hydrogen) atoms. The zero-order valence-corrected chi connectivity index (χ0v) is 25.2. The highest BCUT2D eigenvalue weighted by molar-refractivity contribution is 7.18. The van der Waals surface area contributed by atoms with Crippen molar-refractivity contribution in [3.05, 3.63) is 78.0 Å². The van der Waals surface area contributed by atoms with Crippen molar-refractivity contribution in [3.8, 4) is 26.8 Å². The number of thiophene rings is 1. The maximum absolute atomic E-state index is 13.1. The van der Waals surface area contributed by atoms with Gasteiger partial charge in [-0.3, -0.25) is 9.69 Å². The molecule has 2 aliphatic rings. The molecule has 6 rings (SSSR count). The molecular formula is C33H38N6O2S. The molecular weight excluding hydrogens is 544 g/mol. The monoisotopic (exact) mass is 582 g/mol. The minimum absolute atomic E-state index is 0.103. The Balaban J connectivity index is 1.11. The van der Waals surface area contributed by atoms with Gasteiger partial charge in [-0.2, -0.15) is 0 Å². The number of rotatable bonds is 9. The summed E-state index contributed by atoms with van der Waals surface area (Å²) >= 11 is 1.67. The van der Waals surface area contributed by atoms with E-state index in [2.05, 4.69) is 45.3 Å². The van der Waals surface area contributed by atoms with E-state index in [0.717, 1.165) is 76.3 Å². The lowest BCUT2D eigenvalue weighted by Crippen LogP contribution is -2.47. The Morgan fingerprint density at radius 2 is 1.71 bits per heavy atom. The first kappa shape index (κ1) is 28.3. The van der Waals surface area contributed by atoms with Gasteiger partial charge in [-0.05, 0) is 99.6 Å². The Bertz CT molecular complexity index is 1510. The molecule has 2 aliphatic heterocycles. The standard InChI is InChI=1S/C33H38N6O2S/c1-24-23-34-33(35-27-8-10-28(11-9-27)41-21-20-38-14-3-4-15-38)36-31(24)30-13-12-29(42-30)25-6-5-7-26(22-25)32(40)39-18-16-37(2)17-19-39/h5-13,22-23H,3-4,14-21H2,1-2H3,(H,34,35,36). The van der Waals surface area contributed by atoms with E-state index in [9.17, 15) is 4.79 Å². The van der Waals surface area contributed by atoms with Crippen LogP contribution in [-0.2, 0) is 0 Å². The predicted molar refractivity (Wildman–Crippen MR) is 170 cm³/mol. The van der Waals surface area contributed by atoms with Crippen LogP contribution in [0, 0.1) is 6.92 Å². The van der Waals surface area contributed by atoms with Gasteiger partial charge in [0.15, 0.2) is 0 Å². The molecule has 4 heterocycles. The summed E-state index contributed by atoms with van der Waals surface area (Å²) in [5.41, 5.74) is 4.59. The smallest absolute Gasteiger partial charge is 0.253 e. The van der Waals surface area contributed by atoms with Crippen LogP contribution in [0.5, 0.6) is 5.75 Å². The normalized spacial score (nSPS) is 16.1. The van der Waals surface area contributed by atoms with Crippen LogP contribution in [0.4, 0.5) is 11.6 Å². The van der Waals surface area contributed by atoms with Crippen LogP contribution in [-0.4, -0.2) is 90.0 Å². The molecule has 9 heteroatoms. The van der Waals surface area contributed by atoms with E-state index < -0.39 is 0 Å². The minimum atomic E-state index is 0.103. The summed E-state index contributed by atoms with van der Waals surface area (Å²) in [7, 11) is 2.10. The van der Waals surface area contributed by atoms with Crippen molar-refractivity contribution in [1.82, 2.24) is 24.7 Å². The van der Waals surface area contributed by atoms with Gasteiger partial charge in [0.25, 0.3) is 5.91 Å². The summed E-state index contributed by atoms with van der Waals surface area (Å²) in [5, 5.41) is 3.34. The number of hydrogen-bond acceptors (Lipinski definition) is 8. The van der Waals surface area contributed by atoms with Crippen molar-refractivity contribution in [1.29, 1.82) is 0 Å². The minimum Gasteiger partial charge on any atom is -0.492 e. The lowest BCUT2D eigenvalue weighted by Gasteiger charge is -2.32. The summed E-state index contributed by atoms with van der Waals surface area (Å²) < 4.78 is 5.94. The largest absolute Gasteiger partial charge is 0.492 e. The predicted octanol–water partition coefficient (Wildman–Crippen LogP) is 5.79. The van der Waals surface area contributed by atoms with E-state index in [1.807, 2.05) is 60.5 Å². The summed E-state index contributed by atoms with van der Waals surface area (Å²) in [6.07, 6.45) is 4.45. The number of carbonyl (C=O) groups is 1. The van der Waals surface area contributed by atoms with Crippen molar-refractivity contribution < 1.29 is 9.53 Å². The van der Waals surface area contributed by atoms with Crippen LogP contribution in [0.15, 0.2) is 66.9 Å². The molecule has 0 aliphatic carbocycles. The van der Waals surface area contributed by atoms with Crippen molar-refractivity contribution in [2.45, 2.75) is 19.8 Å². The Morgan fingerprint density at radius 3 is 2.50 bits per heavy atom. The van der Waals surface area contributed by atoms with Crippen LogP contribution in [0.3, 0.4) is 0 Å². The van der Waals surface area contributed by atoms with Gasteiger partial charge in [-0.25, -0.2) is 9.97 Å². The number of nitrogens with zero attached hydrogens (tertiary/aromatic N) is 5. The summed E-state index contributed by atoms with van der Waals surface area (Å²) in [5.74, 6) is 1.52. The fourth-order valence-electron chi connectivity index (χ4n) is 5.43. The van der Waals surface area contributed by atoms with Gasteiger partial charge in [0.1, 0.15) is 12.4 Å². The number of piperazine rings is 1. The van der Waals surface area contributed by atoms with Crippen molar-refractivity contribution in [2.75, 3.05) is 64.8 Å². The molecule has 0 bridgehead atoms. The van der Waals surface area contributed by atoms with Crippen molar-refractivity contribution in [3.63, 3.8) is 0 Å². The van der Waals surface area contributed by atoms with Gasteiger partial charge in [0.05, 0.1) is 10.6 Å². The Hall–Kier alpha value is -3.79. The molecule has 4 aromatic rings. The fourth-order valence-corrected chi connectivity index (χ4v) is 6.49. The molecule has 2 fully saturated rings. The highest BCUT2D eigenvalue weighted by atomic mass is 32.1. The molecule has 0 unspecified atom stereocenters. The number of ether oxygens (including phenoxy) is 1. The molecule has 2 aromatic heterocycles. The third kappa shape index (κ3) is 6.81. The highest BCUT2D eigenvalue weighted by Gasteiger charge is 2.21. The lowest BCUT2D eigenvalue weighted by molar-refractivity contribution is 0.0664. The topological polar surface area (TPSA) is 73.8 Å². The zero-order valence-electron chi connectivity index (χ0n) is 24.4. The highest BCUT2D eigenvalue weighted by Crippen LogP contribution is 2.36. The van der Waals surface area contributed by atoms with E-state index >= 15 is 0 Å². The molecule has 2 saturated heterocycles. The number of aryl methyl sites for hydroxylation is 1. The molecule has 0 spiro atoms. The first-order valence-corrected chi connectivity index (χ1v) is 15.6. The van der Waals surface area contributed by atoms with Crippen LogP contribution < -0.4 is 10.1 Å². The van der Waals surface area contributed by atoms with Crippen LogP contribution in [0.1, 0.15) is 28.8 Å². The zero-order chi connectivity index (χ0) is 28.9. The van der Waals surface area contributed by atoms with Gasteiger partial charge < -0.3 is 19.9 Å². The van der Waals surface area contributed by atoms with Gasteiger partial charge in [0, 0.05) is 55.0 Å². The Morgan fingerprint density at radius 1 is 0.952 bits per heavy atom. The van der Waals surface area contributed by atoms with Crippen LogP contribution in [0.2, 0.25) is 0 Å². The molecule has 0 atom stereocenters. The van der Waals surface area contributed by atoms with Gasteiger partial charge >= 0.3 is 0 Å². The number of hydrogen-bond donors (Lipinski definition) is 1. The Kier molecular flexibility index (Phi) is 8.79. The average molecular weight is 583 g/mol. The van der Waals surface area contributed by atoms with E-state index in [1.165, 1.54) is 25.9 Å². The van der Waals surface area contributed by atoms with Crippen LogP contribution in [0.25, 0.3) is 21.0 Å². The van der Waals surface area contributed by atoms with Crippen molar-refractivity contribution in [2.24, 2.45) is 0 Å². The number of amides is 1. The molecule has 2 aromatic carbocycles. The quantitative estimate of drug-likeness (QED) is 0.268. The fraction of sp³-hybridized carbons (Fsp3) is 0.364. The second-order valence-corrected chi connectivity index (χ2v) is 12.2. The number of carbonyl (C=O) groups excluding carboxylic acids is 1. The summed E-state index contributed by atoms with van der Waals surface area (Å²) in [6.45, 7) is 9.43.